The standard InChI is InChI=1S/C14H14FN3O3S/c1-2-17-6-9(14(20)21)11(19)8-5-10(15)13(16-12(8)17)18-3-4-22-7-18/h5-6H,2-4,7H2,1H3,(H,20,21). The van der Waals surface area contributed by atoms with Gasteiger partial charge in [0.25, 0.3) is 0 Å². The van der Waals surface area contributed by atoms with Gasteiger partial charge in [-0.3, -0.25) is 4.79 Å². The fourth-order valence-corrected chi connectivity index (χ4v) is 3.42. The van der Waals surface area contributed by atoms with Gasteiger partial charge in [-0.1, -0.05) is 0 Å². The van der Waals surface area contributed by atoms with Crippen molar-refractivity contribution < 1.29 is 14.3 Å². The van der Waals surface area contributed by atoms with E-state index in [9.17, 15) is 14.0 Å². The molecule has 1 aliphatic heterocycles. The van der Waals surface area contributed by atoms with E-state index in [1.165, 1.54) is 6.20 Å². The van der Waals surface area contributed by atoms with Crippen LogP contribution in [-0.4, -0.2) is 38.8 Å². The summed E-state index contributed by atoms with van der Waals surface area (Å²) in [5.41, 5.74) is -0.772. The van der Waals surface area contributed by atoms with Crippen LogP contribution in [-0.2, 0) is 6.54 Å². The Morgan fingerprint density at radius 3 is 2.91 bits per heavy atom. The topological polar surface area (TPSA) is 75.4 Å². The number of hydrogen-bond acceptors (Lipinski definition) is 5. The van der Waals surface area contributed by atoms with E-state index in [2.05, 4.69) is 4.98 Å². The Morgan fingerprint density at radius 2 is 2.32 bits per heavy atom. The number of carboxylic acid groups (broad SMARTS) is 1. The minimum atomic E-state index is -1.32. The zero-order chi connectivity index (χ0) is 15.9. The smallest absolute Gasteiger partial charge is 0.341 e. The van der Waals surface area contributed by atoms with Gasteiger partial charge < -0.3 is 14.6 Å². The van der Waals surface area contributed by atoms with Crippen LogP contribution in [0.15, 0.2) is 17.1 Å². The first kappa shape index (κ1) is 14.8. The summed E-state index contributed by atoms with van der Waals surface area (Å²) in [7, 11) is 0. The molecule has 116 valence electrons. The maximum Gasteiger partial charge on any atom is 0.341 e. The van der Waals surface area contributed by atoms with Crippen molar-refractivity contribution in [1.82, 2.24) is 9.55 Å². The lowest BCUT2D eigenvalue weighted by atomic mass is 10.2. The van der Waals surface area contributed by atoms with Gasteiger partial charge in [0.2, 0.25) is 5.43 Å². The van der Waals surface area contributed by atoms with E-state index in [-0.39, 0.29) is 16.8 Å². The van der Waals surface area contributed by atoms with Crippen molar-refractivity contribution in [3.8, 4) is 0 Å². The second-order valence-electron chi connectivity index (χ2n) is 4.93. The van der Waals surface area contributed by atoms with Crippen molar-refractivity contribution in [2.24, 2.45) is 0 Å². The Morgan fingerprint density at radius 1 is 1.55 bits per heavy atom. The van der Waals surface area contributed by atoms with Crippen molar-refractivity contribution in [2.75, 3.05) is 23.1 Å². The summed E-state index contributed by atoms with van der Waals surface area (Å²) in [5, 5.41) is 9.10. The fraction of sp³-hybridized carbons (Fsp3) is 0.357. The highest BCUT2D eigenvalue weighted by Gasteiger charge is 2.22. The van der Waals surface area contributed by atoms with Crippen LogP contribution in [0.3, 0.4) is 0 Å². The number of thioether (sulfide) groups is 1. The van der Waals surface area contributed by atoms with Gasteiger partial charge in [0.1, 0.15) is 11.2 Å². The Kier molecular flexibility index (Phi) is 3.78. The second kappa shape index (κ2) is 5.60. The van der Waals surface area contributed by atoms with Crippen molar-refractivity contribution in [3.63, 3.8) is 0 Å². The molecule has 22 heavy (non-hydrogen) atoms. The third-order valence-corrected chi connectivity index (χ3v) is 4.57. The largest absolute Gasteiger partial charge is 0.477 e. The van der Waals surface area contributed by atoms with E-state index >= 15 is 0 Å². The number of aromatic carboxylic acids is 1. The lowest BCUT2D eigenvalue weighted by Gasteiger charge is -2.18. The number of carbonyl (C=O) groups is 1. The minimum Gasteiger partial charge on any atom is -0.477 e. The summed E-state index contributed by atoms with van der Waals surface area (Å²) in [4.78, 5) is 29.5. The first-order valence-corrected chi connectivity index (χ1v) is 7.98. The predicted octanol–water partition coefficient (Wildman–Crippen LogP) is 1.76. The summed E-state index contributed by atoms with van der Waals surface area (Å²) >= 11 is 1.68. The summed E-state index contributed by atoms with van der Waals surface area (Å²) < 4.78 is 15.9. The van der Waals surface area contributed by atoms with Crippen molar-refractivity contribution >= 4 is 34.6 Å². The molecule has 2 aromatic heterocycles. The SMILES string of the molecule is CCn1cc(C(=O)O)c(=O)c2cc(F)c(N3CCSC3)nc21. The van der Waals surface area contributed by atoms with Crippen molar-refractivity contribution in [3.05, 3.63) is 33.9 Å². The maximum atomic E-state index is 14.3. The van der Waals surface area contributed by atoms with E-state index in [0.29, 0.717) is 24.6 Å². The van der Waals surface area contributed by atoms with Crippen LogP contribution in [0.4, 0.5) is 10.2 Å². The quantitative estimate of drug-likeness (QED) is 0.928. The van der Waals surface area contributed by atoms with E-state index in [4.69, 9.17) is 5.11 Å². The summed E-state index contributed by atoms with van der Waals surface area (Å²) in [6, 6.07) is 1.10. The Bertz CT molecular complexity index is 815. The van der Waals surface area contributed by atoms with Crippen LogP contribution in [0, 0.1) is 5.82 Å². The van der Waals surface area contributed by atoms with Gasteiger partial charge in [-0.15, -0.1) is 11.8 Å². The average molecular weight is 323 g/mol. The molecule has 0 aromatic carbocycles. The van der Waals surface area contributed by atoms with Crippen LogP contribution in [0.1, 0.15) is 17.3 Å². The number of hydrogen-bond donors (Lipinski definition) is 1. The molecule has 1 aliphatic rings. The Balaban J connectivity index is 2.30. The molecule has 1 fully saturated rings. The molecule has 0 unspecified atom stereocenters. The molecule has 0 aliphatic carbocycles. The number of carboxylic acids is 1. The molecular weight excluding hydrogens is 309 g/mol. The molecule has 0 amide bonds. The third kappa shape index (κ3) is 2.33. The monoisotopic (exact) mass is 323 g/mol. The normalized spacial score (nSPS) is 14.7. The molecular formula is C14H14FN3O3S. The van der Waals surface area contributed by atoms with Crippen LogP contribution < -0.4 is 10.3 Å². The molecule has 1 saturated heterocycles. The zero-order valence-corrected chi connectivity index (χ0v) is 12.7. The van der Waals surface area contributed by atoms with Gasteiger partial charge in [-0.05, 0) is 13.0 Å². The van der Waals surface area contributed by atoms with Gasteiger partial charge in [-0.2, -0.15) is 0 Å². The summed E-state index contributed by atoms with van der Waals surface area (Å²) in [5.74, 6) is -0.162. The number of nitrogens with zero attached hydrogens (tertiary/aromatic N) is 3. The number of rotatable bonds is 3. The molecule has 0 saturated carbocycles. The number of aromatic nitrogens is 2. The van der Waals surface area contributed by atoms with Crippen LogP contribution in [0.25, 0.3) is 11.0 Å². The first-order chi connectivity index (χ1) is 10.5. The number of fused-ring (bicyclic) bond motifs is 1. The first-order valence-electron chi connectivity index (χ1n) is 6.82. The molecule has 0 bridgehead atoms. The summed E-state index contributed by atoms with van der Waals surface area (Å²) in [6.07, 6.45) is 1.26. The highest BCUT2D eigenvalue weighted by Crippen LogP contribution is 2.26. The number of aryl methyl sites for hydroxylation is 1. The summed E-state index contributed by atoms with van der Waals surface area (Å²) in [6.45, 7) is 2.94. The highest BCUT2D eigenvalue weighted by molar-refractivity contribution is 7.99. The van der Waals surface area contributed by atoms with Gasteiger partial charge >= 0.3 is 5.97 Å². The van der Waals surface area contributed by atoms with Crippen molar-refractivity contribution in [2.45, 2.75) is 13.5 Å². The third-order valence-electron chi connectivity index (χ3n) is 3.61. The number of anilines is 1. The van der Waals surface area contributed by atoms with Crippen molar-refractivity contribution in [1.29, 1.82) is 0 Å². The van der Waals surface area contributed by atoms with Gasteiger partial charge in [0.15, 0.2) is 11.6 Å². The lowest BCUT2D eigenvalue weighted by Crippen LogP contribution is -2.24. The van der Waals surface area contributed by atoms with Crippen LogP contribution in [0.5, 0.6) is 0 Å². The average Bonchev–Trinajstić information content (AvgIpc) is 3.01. The van der Waals surface area contributed by atoms with Crippen LogP contribution >= 0.6 is 11.8 Å². The van der Waals surface area contributed by atoms with E-state index < -0.39 is 17.2 Å². The van der Waals surface area contributed by atoms with Gasteiger partial charge in [0, 0.05) is 25.0 Å². The molecule has 3 rings (SSSR count). The Labute approximate surface area is 129 Å². The maximum absolute atomic E-state index is 14.3. The fourth-order valence-electron chi connectivity index (χ4n) is 2.47. The second-order valence-corrected chi connectivity index (χ2v) is 6.00. The number of halogens is 1. The molecule has 0 radical (unpaired) electrons. The Hall–Kier alpha value is -2.09. The van der Waals surface area contributed by atoms with Gasteiger partial charge in [-0.25, -0.2) is 14.2 Å². The predicted molar refractivity (Wildman–Crippen MR) is 83.3 cm³/mol. The molecule has 0 spiro atoms. The molecule has 2 aromatic rings. The molecule has 1 N–H and O–H groups in total. The number of pyridine rings is 2. The van der Waals surface area contributed by atoms with Gasteiger partial charge in [0.05, 0.1) is 11.3 Å². The molecule has 0 atom stereocenters. The minimum absolute atomic E-state index is 0.00477. The van der Waals surface area contributed by atoms with E-state index in [0.717, 1.165) is 11.8 Å². The molecule has 3 heterocycles. The molecule has 6 nitrogen and oxygen atoms in total. The highest BCUT2D eigenvalue weighted by atomic mass is 32.2. The molecule has 8 heteroatoms. The lowest BCUT2D eigenvalue weighted by molar-refractivity contribution is 0.0695. The van der Waals surface area contributed by atoms with E-state index in [1.807, 2.05) is 11.8 Å². The zero-order valence-electron chi connectivity index (χ0n) is 11.9. The van der Waals surface area contributed by atoms with E-state index in [1.54, 1.807) is 16.3 Å². The van der Waals surface area contributed by atoms with Crippen LogP contribution in [0.2, 0.25) is 0 Å².